The van der Waals surface area contributed by atoms with Crippen LogP contribution in [0.5, 0.6) is 0 Å². The molecule has 30 heavy (non-hydrogen) atoms. The molecule has 0 unspecified atom stereocenters. The highest BCUT2D eigenvalue weighted by molar-refractivity contribution is 6.15. The fraction of sp³-hybridized carbons (Fsp3) is 1.00. The van der Waals surface area contributed by atoms with Crippen LogP contribution >= 0.6 is 11.6 Å². The lowest BCUT2D eigenvalue weighted by Crippen LogP contribution is -2.27. The first kappa shape index (κ1) is 32.4. The molecule has 0 aromatic carbocycles. The summed E-state index contributed by atoms with van der Waals surface area (Å²) >= 11 is 4.64. The fourth-order valence-electron chi connectivity index (χ4n) is 4.21. The van der Waals surface area contributed by atoms with Gasteiger partial charge in [0.25, 0.3) is 0 Å². The lowest BCUT2D eigenvalue weighted by atomic mass is 10.1. The number of hydrogen-bond donors (Lipinski definition) is 0. The van der Waals surface area contributed by atoms with Crippen molar-refractivity contribution in [2.75, 3.05) is 26.0 Å². The summed E-state index contributed by atoms with van der Waals surface area (Å²) in [6, 6.07) is 0. The molecule has 0 aliphatic heterocycles. The lowest BCUT2D eigenvalue weighted by Gasteiger charge is -2.22. The van der Waals surface area contributed by atoms with E-state index >= 15 is 0 Å². The largest absolute Gasteiger partial charge is 0.303 e. The van der Waals surface area contributed by atoms with Crippen LogP contribution in [0.1, 0.15) is 156 Å². The van der Waals surface area contributed by atoms with Crippen LogP contribution in [0.15, 0.2) is 0 Å². The average molecular weight is 446 g/mol. The fourth-order valence-corrected chi connectivity index (χ4v) is 4.21. The Morgan fingerprint density at radius 1 is 0.333 bits per heavy atom. The van der Waals surface area contributed by atoms with Crippen molar-refractivity contribution in [3.05, 3.63) is 0 Å². The van der Waals surface area contributed by atoms with Crippen molar-refractivity contribution < 1.29 is 0 Å². The van der Waals surface area contributed by atoms with Crippen molar-refractivity contribution in [1.82, 2.24) is 4.90 Å². The van der Waals surface area contributed by atoms with Crippen LogP contribution in [-0.2, 0) is 0 Å². The second-order valence-corrected chi connectivity index (χ2v) is 9.21. The van der Waals surface area contributed by atoms with Gasteiger partial charge in [-0.05, 0) is 38.9 Å². The molecule has 184 valence electrons. The summed E-state index contributed by atoms with van der Waals surface area (Å²) in [5.74, 6) is 0. The van der Waals surface area contributed by atoms with Crippen LogP contribution in [0, 0.1) is 0 Å². The topological polar surface area (TPSA) is 3.24 Å². The van der Waals surface area contributed by atoms with E-state index in [1.54, 1.807) is 0 Å². The molecule has 2 heteroatoms. The van der Waals surface area contributed by atoms with Gasteiger partial charge in [-0.15, -0.1) is 11.6 Å². The first-order valence-electron chi connectivity index (χ1n) is 13.9. The Hall–Kier alpha value is 0.250. The SMILES string of the molecule is CCCCCCCCCN(CCCCCCCCC)CCCCCCCCC.CCl. The number of alkyl halides is 1. The Balaban J connectivity index is 0. The van der Waals surface area contributed by atoms with Gasteiger partial charge >= 0.3 is 0 Å². The van der Waals surface area contributed by atoms with Crippen LogP contribution in [0.3, 0.4) is 0 Å². The summed E-state index contributed by atoms with van der Waals surface area (Å²) in [6.07, 6.45) is 31.6. The van der Waals surface area contributed by atoms with Crippen molar-refractivity contribution in [2.24, 2.45) is 0 Å². The number of nitrogens with zero attached hydrogens (tertiary/aromatic N) is 1. The summed E-state index contributed by atoms with van der Waals surface area (Å²) in [6.45, 7) is 11.0. The van der Waals surface area contributed by atoms with Crippen molar-refractivity contribution in [2.45, 2.75) is 156 Å². The minimum absolute atomic E-state index is 1.36. The van der Waals surface area contributed by atoms with Gasteiger partial charge in [0.1, 0.15) is 0 Å². The Morgan fingerprint density at radius 2 is 0.533 bits per heavy atom. The predicted octanol–water partition coefficient (Wildman–Crippen LogP) is 10.4. The van der Waals surface area contributed by atoms with E-state index in [0.717, 1.165) is 0 Å². The Labute approximate surface area is 198 Å². The zero-order valence-corrected chi connectivity index (χ0v) is 22.6. The van der Waals surface area contributed by atoms with E-state index in [1.165, 1.54) is 161 Å². The van der Waals surface area contributed by atoms with Crippen LogP contribution in [0.25, 0.3) is 0 Å². The first-order valence-corrected chi connectivity index (χ1v) is 14.7. The number of halogens is 1. The molecule has 0 saturated carbocycles. The third kappa shape index (κ3) is 28.2. The molecule has 1 nitrogen and oxygen atoms in total. The zero-order valence-electron chi connectivity index (χ0n) is 21.8. The highest BCUT2D eigenvalue weighted by atomic mass is 35.5. The number of unbranched alkanes of at least 4 members (excludes halogenated alkanes) is 18. The van der Waals surface area contributed by atoms with Gasteiger partial charge < -0.3 is 4.90 Å². The molecule has 0 saturated heterocycles. The quantitative estimate of drug-likeness (QED) is 0.105. The van der Waals surface area contributed by atoms with Gasteiger partial charge in [-0.25, -0.2) is 0 Å². The summed E-state index contributed by atoms with van der Waals surface area (Å²) in [5.41, 5.74) is 0. The van der Waals surface area contributed by atoms with E-state index in [4.69, 9.17) is 0 Å². The maximum atomic E-state index is 4.64. The van der Waals surface area contributed by atoms with Gasteiger partial charge in [-0.1, -0.05) is 136 Å². The molecule has 0 heterocycles. The molecule has 0 amide bonds. The second-order valence-electron chi connectivity index (χ2n) is 9.21. The summed E-state index contributed by atoms with van der Waals surface area (Å²) in [7, 11) is 0. The molecule has 0 rings (SSSR count). The molecule has 0 aromatic heterocycles. The Morgan fingerprint density at radius 3 is 0.767 bits per heavy atom. The monoisotopic (exact) mass is 445 g/mol. The Bertz CT molecular complexity index is 227. The maximum absolute atomic E-state index is 4.64. The van der Waals surface area contributed by atoms with Gasteiger partial charge in [0.05, 0.1) is 0 Å². The van der Waals surface area contributed by atoms with E-state index in [-0.39, 0.29) is 0 Å². The van der Waals surface area contributed by atoms with Crippen molar-refractivity contribution >= 4 is 11.6 Å². The smallest absolute Gasteiger partial charge is 0.0108 e. The van der Waals surface area contributed by atoms with Gasteiger partial charge in [-0.2, -0.15) is 0 Å². The van der Waals surface area contributed by atoms with Crippen molar-refractivity contribution in [1.29, 1.82) is 0 Å². The second kappa shape index (κ2) is 31.4. The maximum Gasteiger partial charge on any atom is 0.0108 e. The van der Waals surface area contributed by atoms with E-state index in [1.807, 2.05) is 0 Å². The van der Waals surface area contributed by atoms with Crippen molar-refractivity contribution in [3.8, 4) is 0 Å². The average Bonchev–Trinajstić information content (AvgIpc) is 2.78. The minimum Gasteiger partial charge on any atom is -0.303 e. The molecule has 0 aromatic rings. The van der Waals surface area contributed by atoms with Gasteiger partial charge in [-0.3, -0.25) is 0 Å². The van der Waals surface area contributed by atoms with Crippen LogP contribution < -0.4 is 0 Å². The van der Waals surface area contributed by atoms with Crippen LogP contribution in [0.4, 0.5) is 0 Å². The lowest BCUT2D eigenvalue weighted by molar-refractivity contribution is 0.254. The molecule has 0 fully saturated rings. The normalized spacial score (nSPS) is 11.0. The molecular formula is C28H60ClN. The molecule has 0 radical (unpaired) electrons. The molecular weight excluding hydrogens is 386 g/mol. The van der Waals surface area contributed by atoms with Gasteiger partial charge in [0.15, 0.2) is 0 Å². The third-order valence-corrected chi connectivity index (χ3v) is 6.23. The van der Waals surface area contributed by atoms with E-state index < -0.39 is 0 Å². The Kier molecular flexibility index (Phi) is 34.0. The summed E-state index contributed by atoms with van der Waals surface area (Å²) in [4.78, 5) is 2.81. The molecule has 0 spiro atoms. The highest BCUT2D eigenvalue weighted by Gasteiger charge is 2.05. The predicted molar refractivity (Wildman–Crippen MR) is 142 cm³/mol. The van der Waals surface area contributed by atoms with Crippen LogP contribution in [0.2, 0.25) is 0 Å². The highest BCUT2D eigenvalue weighted by Crippen LogP contribution is 2.12. The van der Waals surface area contributed by atoms with Gasteiger partial charge in [0, 0.05) is 6.38 Å². The van der Waals surface area contributed by atoms with Crippen molar-refractivity contribution in [3.63, 3.8) is 0 Å². The number of rotatable bonds is 24. The molecule has 0 bridgehead atoms. The number of hydrogen-bond acceptors (Lipinski definition) is 1. The molecule has 0 aliphatic carbocycles. The van der Waals surface area contributed by atoms with Crippen LogP contribution in [-0.4, -0.2) is 30.9 Å². The molecule has 0 atom stereocenters. The summed E-state index contributed by atoms with van der Waals surface area (Å²) in [5, 5.41) is 0. The zero-order chi connectivity index (χ0) is 22.5. The van der Waals surface area contributed by atoms with E-state index in [2.05, 4.69) is 37.3 Å². The summed E-state index contributed by atoms with van der Waals surface area (Å²) < 4.78 is 0. The molecule has 0 N–H and O–H groups in total. The van der Waals surface area contributed by atoms with Gasteiger partial charge in [0.2, 0.25) is 0 Å². The first-order chi connectivity index (χ1) is 14.8. The minimum atomic E-state index is 1.36. The van der Waals surface area contributed by atoms with E-state index in [9.17, 15) is 0 Å². The van der Waals surface area contributed by atoms with E-state index in [0.29, 0.717) is 0 Å². The third-order valence-electron chi connectivity index (χ3n) is 6.23. The molecule has 0 aliphatic rings. The standard InChI is InChI=1S/C27H57N.CH3Cl/c1-4-7-10-13-16-19-22-25-28(26-23-20-17-14-11-8-5-2)27-24-21-18-15-12-9-6-3;1-2/h4-27H2,1-3H3;1H3.